The molecule has 0 fully saturated rings. The van der Waals surface area contributed by atoms with Crippen molar-refractivity contribution in [2.24, 2.45) is 0 Å². The maximum absolute atomic E-state index is 12.2. The number of hydrogen-bond acceptors (Lipinski definition) is 4. The van der Waals surface area contributed by atoms with Gasteiger partial charge in [-0.15, -0.1) is 0 Å². The standard InChI is InChI=1S/C22H23ClN4O2S/c1-2-3-12-24-21(29)16-4-10-19(11-5-16)27-14-13-25-22(27)30-15-20(28)26-18-8-6-17(23)7-9-18/h4-11,13-14H,2-3,12,15H2,1H3,(H,24,29)(H,26,28). The van der Waals surface area contributed by atoms with Crippen molar-refractivity contribution in [3.05, 3.63) is 71.5 Å². The molecule has 3 aromatic rings. The Labute approximate surface area is 185 Å². The first-order valence-corrected chi connectivity index (χ1v) is 11.0. The van der Waals surface area contributed by atoms with E-state index in [-0.39, 0.29) is 17.6 Å². The Balaban J connectivity index is 1.58. The second-order valence-electron chi connectivity index (χ2n) is 6.58. The third-order valence-electron chi connectivity index (χ3n) is 4.29. The van der Waals surface area contributed by atoms with Crippen LogP contribution in [0.5, 0.6) is 0 Å². The molecule has 0 atom stereocenters. The van der Waals surface area contributed by atoms with Gasteiger partial charge < -0.3 is 10.6 Å². The zero-order valence-electron chi connectivity index (χ0n) is 16.6. The number of nitrogens with one attached hydrogen (secondary N) is 2. The lowest BCUT2D eigenvalue weighted by Gasteiger charge is -2.09. The SMILES string of the molecule is CCCCNC(=O)c1ccc(-n2ccnc2SCC(=O)Nc2ccc(Cl)cc2)cc1. The van der Waals surface area contributed by atoms with Crippen LogP contribution in [-0.4, -0.2) is 33.7 Å². The Hall–Kier alpha value is -2.77. The van der Waals surface area contributed by atoms with Crippen molar-refractivity contribution in [2.75, 3.05) is 17.6 Å². The summed E-state index contributed by atoms with van der Waals surface area (Å²) in [6.07, 6.45) is 5.52. The number of anilines is 1. The van der Waals surface area contributed by atoms with E-state index in [4.69, 9.17) is 11.6 Å². The lowest BCUT2D eigenvalue weighted by molar-refractivity contribution is -0.113. The minimum Gasteiger partial charge on any atom is -0.352 e. The third kappa shape index (κ3) is 6.11. The lowest BCUT2D eigenvalue weighted by atomic mass is 10.2. The molecule has 1 aromatic heterocycles. The van der Waals surface area contributed by atoms with E-state index in [1.807, 2.05) is 22.9 Å². The number of thioether (sulfide) groups is 1. The van der Waals surface area contributed by atoms with Gasteiger partial charge in [-0.1, -0.05) is 36.7 Å². The Kier molecular flexibility index (Phi) is 7.93. The van der Waals surface area contributed by atoms with Gasteiger partial charge in [0.25, 0.3) is 5.91 Å². The molecule has 156 valence electrons. The summed E-state index contributed by atoms with van der Waals surface area (Å²) in [5.41, 5.74) is 2.19. The predicted molar refractivity (Wildman–Crippen MR) is 122 cm³/mol. The van der Waals surface area contributed by atoms with E-state index in [1.165, 1.54) is 11.8 Å². The maximum atomic E-state index is 12.2. The van der Waals surface area contributed by atoms with Crippen LogP contribution >= 0.6 is 23.4 Å². The van der Waals surface area contributed by atoms with E-state index in [2.05, 4.69) is 22.5 Å². The highest BCUT2D eigenvalue weighted by Gasteiger charge is 2.11. The normalized spacial score (nSPS) is 10.6. The number of nitrogens with zero attached hydrogens (tertiary/aromatic N) is 2. The first-order valence-electron chi connectivity index (χ1n) is 9.67. The van der Waals surface area contributed by atoms with Crippen LogP contribution in [0.25, 0.3) is 5.69 Å². The van der Waals surface area contributed by atoms with Gasteiger partial charge in [0.15, 0.2) is 5.16 Å². The van der Waals surface area contributed by atoms with Crippen molar-refractivity contribution in [1.82, 2.24) is 14.9 Å². The van der Waals surface area contributed by atoms with Gasteiger partial charge in [0.1, 0.15) is 0 Å². The number of amides is 2. The third-order valence-corrected chi connectivity index (χ3v) is 5.51. The average molecular weight is 443 g/mol. The quantitative estimate of drug-likeness (QED) is 0.369. The van der Waals surface area contributed by atoms with E-state index in [0.717, 1.165) is 18.5 Å². The van der Waals surface area contributed by atoms with Gasteiger partial charge in [-0.25, -0.2) is 4.98 Å². The molecule has 0 saturated heterocycles. The first-order chi connectivity index (χ1) is 14.6. The topological polar surface area (TPSA) is 76.0 Å². The van der Waals surface area contributed by atoms with E-state index in [0.29, 0.717) is 28.0 Å². The summed E-state index contributed by atoms with van der Waals surface area (Å²) in [7, 11) is 0. The molecular weight excluding hydrogens is 420 g/mol. The molecule has 30 heavy (non-hydrogen) atoms. The average Bonchev–Trinajstić information content (AvgIpc) is 3.23. The van der Waals surface area contributed by atoms with E-state index < -0.39 is 0 Å². The zero-order chi connectivity index (χ0) is 21.3. The van der Waals surface area contributed by atoms with Gasteiger partial charge in [-0.3, -0.25) is 14.2 Å². The summed E-state index contributed by atoms with van der Waals surface area (Å²) in [4.78, 5) is 28.7. The van der Waals surface area contributed by atoms with Crippen molar-refractivity contribution in [2.45, 2.75) is 24.9 Å². The number of imidazole rings is 1. The number of benzene rings is 2. The minimum absolute atomic E-state index is 0.0749. The van der Waals surface area contributed by atoms with Crippen LogP contribution < -0.4 is 10.6 Å². The molecule has 0 aliphatic carbocycles. The Morgan fingerprint density at radius 1 is 1.10 bits per heavy atom. The van der Waals surface area contributed by atoms with Crippen LogP contribution in [0, 0.1) is 0 Å². The molecule has 2 amide bonds. The summed E-state index contributed by atoms with van der Waals surface area (Å²) in [5, 5.41) is 7.05. The van der Waals surface area contributed by atoms with Crippen LogP contribution in [0.3, 0.4) is 0 Å². The Morgan fingerprint density at radius 2 is 1.83 bits per heavy atom. The van der Waals surface area contributed by atoms with Crippen molar-refractivity contribution in [1.29, 1.82) is 0 Å². The minimum atomic E-state index is -0.129. The summed E-state index contributed by atoms with van der Waals surface area (Å²) in [6, 6.07) is 14.3. The fourth-order valence-electron chi connectivity index (χ4n) is 2.71. The number of unbranched alkanes of at least 4 members (excludes halogenated alkanes) is 1. The number of halogens is 1. The molecule has 0 radical (unpaired) electrons. The molecule has 6 nitrogen and oxygen atoms in total. The van der Waals surface area contributed by atoms with Crippen molar-refractivity contribution >= 4 is 40.9 Å². The fourth-order valence-corrected chi connectivity index (χ4v) is 3.61. The number of carbonyl (C=O) groups excluding carboxylic acids is 2. The summed E-state index contributed by atoms with van der Waals surface area (Å²) in [6.45, 7) is 2.76. The van der Waals surface area contributed by atoms with Gasteiger partial charge in [0.2, 0.25) is 5.91 Å². The second-order valence-corrected chi connectivity index (χ2v) is 7.96. The molecule has 8 heteroatoms. The largest absolute Gasteiger partial charge is 0.352 e. The number of aromatic nitrogens is 2. The summed E-state index contributed by atoms with van der Waals surface area (Å²) < 4.78 is 1.89. The lowest BCUT2D eigenvalue weighted by Crippen LogP contribution is -2.24. The molecule has 0 aliphatic rings. The predicted octanol–water partition coefficient (Wildman–Crippen LogP) is 4.79. The van der Waals surface area contributed by atoms with Crippen LogP contribution in [0.2, 0.25) is 5.02 Å². The number of rotatable bonds is 9. The van der Waals surface area contributed by atoms with Crippen molar-refractivity contribution in [3.63, 3.8) is 0 Å². The van der Waals surface area contributed by atoms with E-state index >= 15 is 0 Å². The smallest absolute Gasteiger partial charge is 0.251 e. The number of hydrogen-bond donors (Lipinski definition) is 2. The van der Waals surface area contributed by atoms with Gasteiger partial charge in [0.05, 0.1) is 5.75 Å². The van der Waals surface area contributed by atoms with Gasteiger partial charge in [-0.2, -0.15) is 0 Å². The highest BCUT2D eigenvalue weighted by molar-refractivity contribution is 7.99. The molecule has 0 bridgehead atoms. The fraction of sp³-hybridized carbons (Fsp3) is 0.227. The van der Waals surface area contributed by atoms with Gasteiger partial charge >= 0.3 is 0 Å². The van der Waals surface area contributed by atoms with Crippen molar-refractivity contribution < 1.29 is 9.59 Å². The summed E-state index contributed by atoms with van der Waals surface area (Å²) in [5.74, 6) is 0.0162. The molecule has 1 heterocycles. The summed E-state index contributed by atoms with van der Waals surface area (Å²) >= 11 is 7.20. The van der Waals surface area contributed by atoms with Crippen LogP contribution in [0.4, 0.5) is 5.69 Å². The molecule has 0 spiro atoms. The molecule has 2 N–H and O–H groups in total. The molecule has 0 unspecified atom stereocenters. The van der Waals surface area contributed by atoms with E-state index in [1.54, 1.807) is 42.6 Å². The maximum Gasteiger partial charge on any atom is 0.251 e. The monoisotopic (exact) mass is 442 g/mol. The molecule has 2 aromatic carbocycles. The van der Waals surface area contributed by atoms with Gasteiger partial charge in [0, 0.05) is 40.9 Å². The molecular formula is C22H23ClN4O2S. The Bertz CT molecular complexity index is 987. The molecule has 0 aliphatic heterocycles. The molecule has 3 rings (SSSR count). The van der Waals surface area contributed by atoms with Crippen molar-refractivity contribution in [3.8, 4) is 5.69 Å². The second kappa shape index (κ2) is 10.8. The molecule has 0 saturated carbocycles. The highest BCUT2D eigenvalue weighted by Crippen LogP contribution is 2.21. The van der Waals surface area contributed by atoms with Crippen LogP contribution in [0.1, 0.15) is 30.1 Å². The highest BCUT2D eigenvalue weighted by atomic mass is 35.5. The van der Waals surface area contributed by atoms with Crippen LogP contribution in [-0.2, 0) is 4.79 Å². The first kappa shape index (κ1) is 21.9. The Morgan fingerprint density at radius 3 is 2.53 bits per heavy atom. The van der Waals surface area contributed by atoms with Gasteiger partial charge in [-0.05, 0) is 55.0 Å². The van der Waals surface area contributed by atoms with Crippen LogP contribution in [0.15, 0.2) is 66.1 Å². The van der Waals surface area contributed by atoms with E-state index in [9.17, 15) is 9.59 Å². The number of carbonyl (C=O) groups is 2. The zero-order valence-corrected chi connectivity index (χ0v) is 18.2.